The first kappa shape index (κ1) is 19.7. The summed E-state index contributed by atoms with van der Waals surface area (Å²) in [5.41, 5.74) is 3.73. The maximum Gasteiger partial charge on any atom is 0.253 e. The number of aromatic nitrogens is 3. The van der Waals surface area contributed by atoms with Crippen molar-refractivity contribution in [2.24, 2.45) is 14.1 Å². The van der Waals surface area contributed by atoms with E-state index in [4.69, 9.17) is 11.6 Å². The van der Waals surface area contributed by atoms with Crippen molar-refractivity contribution in [1.82, 2.24) is 14.1 Å². The topological polar surface area (TPSA) is 72.1 Å². The second-order valence-corrected chi connectivity index (χ2v) is 7.53. The SMILES string of the molecule is Cc1cc(NC(c2ccc(Cl)cc2)c2c(CO)nc(Br)n2C)cn(C)c1=O. The van der Waals surface area contributed by atoms with Crippen LogP contribution in [0.3, 0.4) is 0 Å². The summed E-state index contributed by atoms with van der Waals surface area (Å²) in [4.78, 5) is 16.4. The van der Waals surface area contributed by atoms with Gasteiger partial charge in [-0.25, -0.2) is 4.98 Å². The van der Waals surface area contributed by atoms with Crippen molar-refractivity contribution < 1.29 is 5.11 Å². The number of imidazole rings is 1. The van der Waals surface area contributed by atoms with Crippen LogP contribution in [0, 0.1) is 6.92 Å². The van der Waals surface area contributed by atoms with Crippen molar-refractivity contribution in [3.8, 4) is 0 Å². The first-order chi connectivity index (χ1) is 12.8. The Balaban J connectivity index is 2.14. The fourth-order valence-electron chi connectivity index (χ4n) is 3.10. The molecule has 8 heteroatoms. The van der Waals surface area contributed by atoms with Gasteiger partial charge < -0.3 is 19.6 Å². The molecule has 0 radical (unpaired) electrons. The van der Waals surface area contributed by atoms with Gasteiger partial charge in [-0.15, -0.1) is 0 Å². The summed E-state index contributed by atoms with van der Waals surface area (Å²) in [6.07, 6.45) is 1.75. The minimum atomic E-state index is -0.301. The monoisotopic (exact) mass is 450 g/mol. The predicted molar refractivity (Wildman–Crippen MR) is 110 cm³/mol. The van der Waals surface area contributed by atoms with Gasteiger partial charge in [0.2, 0.25) is 0 Å². The van der Waals surface area contributed by atoms with E-state index in [9.17, 15) is 9.90 Å². The molecule has 0 aliphatic carbocycles. The molecule has 0 bridgehead atoms. The summed E-state index contributed by atoms with van der Waals surface area (Å²) in [6.45, 7) is 1.59. The number of hydrogen-bond donors (Lipinski definition) is 2. The number of aliphatic hydroxyl groups excluding tert-OH is 1. The molecule has 3 aromatic rings. The molecule has 0 aliphatic rings. The Bertz CT molecular complexity index is 1000. The maximum absolute atomic E-state index is 12.0. The predicted octanol–water partition coefficient (Wildman–Crippen LogP) is 3.54. The normalized spacial score (nSPS) is 12.2. The first-order valence-electron chi connectivity index (χ1n) is 8.33. The van der Waals surface area contributed by atoms with Crippen LogP contribution in [0.25, 0.3) is 0 Å². The number of aliphatic hydroxyl groups is 1. The molecule has 0 amide bonds. The van der Waals surface area contributed by atoms with Crippen LogP contribution in [-0.2, 0) is 20.7 Å². The number of rotatable bonds is 5. The Morgan fingerprint density at radius 1 is 1.30 bits per heavy atom. The highest BCUT2D eigenvalue weighted by molar-refractivity contribution is 9.10. The van der Waals surface area contributed by atoms with Crippen molar-refractivity contribution >= 4 is 33.2 Å². The molecule has 1 unspecified atom stereocenters. The van der Waals surface area contributed by atoms with Crippen LogP contribution >= 0.6 is 27.5 Å². The Labute approximate surface area is 170 Å². The number of halogens is 2. The standard InChI is InChI=1S/C19H20BrClN4O2/c1-11-8-14(9-24(2)18(11)27)22-16(12-4-6-13(21)7-5-12)17-15(10-26)23-19(20)25(17)3/h4-9,16,22,26H,10H2,1-3H3. The summed E-state index contributed by atoms with van der Waals surface area (Å²) in [5.74, 6) is 0. The van der Waals surface area contributed by atoms with E-state index in [0.717, 1.165) is 16.9 Å². The number of nitrogens with one attached hydrogen (secondary N) is 1. The molecule has 6 nitrogen and oxygen atoms in total. The lowest BCUT2D eigenvalue weighted by molar-refractivity contribution is 0.275. The molecular weight excluding hydrogens is 432 g/mol. The molecule has 3 rings (SSSR count). The number of anilines is 1. The molecule has 0 spiro atoms. The zero-order chi connectivity index (χ0) is 19.7. The lowest BCUT2D eigenvalue weighted by Gasteiger charge is -2.23. The molecule has 1 atom stereocenters. The van der Waals surface area contributed by atoms with E-state index in [1.807, 2.05) is 41.9 Å². The van der Waals surface area contributed by atoms with Gasteiger partial charge in [-0.2, -0.15) is 0 Å². The van der Waals surface area contributed by atoms with Gasteiger partial charge in [-0.05, 0) is 46.6 Å². The van der Waals surface area contributed by atoms with Gasteiger partial charge in [0.05, 0.1) is 29.7 Å². The van der Waals surface area contributed by atoms with E-state index in [1.54, 1.807) is 24.7 Å². The highest BCUT2D eigenvalue weighted by Gasteiger charge is 2.24. The van der Waals surface area contributed by atoms with Gasteiger partial charge in [0.15, 0.2) is 4.73 Å². The lowest BCUT2D eigenvalue weighted by atomic mass is 10.0. The number of nitrogens with zero attached hydrogens (tertiary/aromatic N) is 3. The third-order valence-corrected chi connectivity index (χ3v) is 5.42. The Morgan fingerprint density at radius 3 is 2.56 bits per heavy atom. The summed E-state index contributed by atoms with van der Waals surface area (Å²) in [5, 5.41) is 13.9. The molecule has 0 saturated carbocycles. The van der Waals surface area contributed by atoms with Crippen molar-refractivity contribution in [2.45, 2.75) is 19.6 Å². The van der Waals surface area contributed by atoms with Crippen LogP contribution in [0.4, 0.5) is 5.69 Å². The Morgan fingerprint density at radius 2 is 1.96 bits per heavy atom. The first-order valence-corrected chi connectivity index (χ1v) is 9.50. The fourth-order valence-corrected chi connectivity index (χ4v) is 3.63. The van der Waals surface area contributed by atoms with E-state index in [2.05, 4.69) is 26.2 Å². The number of pyridine rings is 1. The number of hydrogen-bond acceptors (Lipinski definition) is 4. The average Bonchev–Trinajstić information content (AvgIpc) is 2.92. The Kier molecular flexibility index (Phi) is 5.74. The third-order valence-electron chi connectivity index (χ3n) is 4.46. The van der Waals surface area contributed by atoms with Crippen LogP contribution in [-0.4, -0.2) is 19.2 Å². The van der Waals surface area contributed by atoms with Crippen LogP contribution in [0.2, 0.25) is 5.02 Å². The molecular formula is C19H20BrClN4O2. The lowest BCUT2D eigenvalue weighted by Crippen LogP contribution is -2.22. The van der Waals surface area contributed by atoms with E-state index in [1.165, 1.54) is 0 Å². The summed E-state index contributed by atoms with van der Waals surface area (Å²) < 4.78 is 4.05. The van der Waals surface area contributed by atoms with Crippen LogP contribution in [0.5, 0.6) is 0 Å². The minimum Gasteiger partial charge on any atom is -0.390 e. The Hall–Kier alpha value is -2.09. The van der Waals surface area contributed by atoms with Gasteiger partial charge >= 0.3 is 0 Å². The van der Waals surface area contributed by atoms with Gasteiger partial charge in [0.1, 0.15) is 0 Å². The van der Waals surface area contributed by atoms with E-state index < -0.39 is 0 Å². The molecule has 0 saturated heterocycles. The second kappa shape index (κ2) is 7.88. The second-order valence-electron chi connectivity index (χ2n) is 6.39. The zero-order valence-electron chi connectivity index (χ0n) is 15.2. The van der Waals surface area contributed by atoms with Crippen molar-refractivity contribution in [3.05, 3.63) is 79.2 Å². The minimum absolute atomic E-state index is 0.0390. The molecule has 2 N–H and O–H groups in total. The van der Waals surface area contributed by atoms with Gasteiger partial charge in [-0.1, -0.05) is 23.7 Å². The highest BCUT2D eigenvalue weighted by Crippen LogP contribution is 2.31. The molecule has 0 aliphatic heterocycles. The third kappa shape index (κ3) is 3.95. The largest absolute Gasteiger partial charge is 0.390 e. The average molecular weight is 452 g/mol. The fraction of sp³-hybridized carbons (Fsp3) is 0.263. The van der Waals surface area contributed by atoms with Crippen LogP contribution < -0.4 is 10.9 Å². The molecule has 0 fully saturated rings. The number of benzene rings is 1. The van der Waals surface area contributed by atoms with E-state index in [0.29, 0.717) is 21.0 Å². The quantitative estimate of drug-likeness (QED) is 0.622. The highest BCUT2D eigenvalue weighted by atomic mass is 79.9. The van der Waals surface area contributed by atoms with Gasteiger partial charge in [0.25, 0.3) is 5.56 Å². The molecule has 1 aromatic carbocycles. The summed E-state index contributed by atoms with van der Waals surface area (Å²) in [6, 6.07) is 9.01. The van der Waals surface area contributed by atoms with Crippen molar-refractivity contribution in [1.29, 1.82) is 0 Å². The number of aryl methyl sites for hydroxylation is 2. The zero-order valence-corrected chi connectivity index (χ0v) is 17.5. The van der Waals surface area contributed by atoms with Gasteiger partial charge in [-0.3, -0.25) is 4.79 Å². The van der Waals surface area contributed by atoms with Crippen LogP contribution in [0.1, 0.15) is 28.6 Å². The molecule has 142 valence electrons. The molecule has 27 heavy (non-hydrogen) atoms. The molecule has 2 heterocycles. The maximum atomic E-state index is 12.0. The molecule has 2 aromatic heterocycles. The van der Waals surface area contributed by atoms with Crippen molar-refractivity contribution in [3.63, 3.8) is 0 Å². The summed E-state index contributed by atoms with van der Waals surface area (Å²) >= 11 is 9.48. The smallest absolute Gasteiger partial charge is 0.253 e. The van der Waals surface area contributed by atoms with Crippen molar-refractivity contribution in [2.75, 3.05) is 5.32 Å². The van der Waals surface area contributed by atoms with E-state index >= 15 is 0 Å². The van der Waals surface area contributed by atoms with Crippen LogP contribution in [0.15, 0.2) is 46.1 Å². The van der Waals surface area contributed by atoms with E-state index in [-0.39, 0.29) is 18.2 Å². The van der Waals surface area contributed by atoms with Gasteiger partial charge in [0, 0.05) is 30.9 Å². The summed E-state index contributed by atoms with van der Waals surface area (Å²) in [7, 11) is 3.60.